The molecular weight excluding hydrogens is 441 g/mol. The Labute approximate surface area is 192 Å². The van der Waals surface area contributed by atoms with Crippen molar-refractivity contribution in [2.75, 3.05) is 38.8 Å². The number of halogens is 2. The zero-order valence-electron chi connectivity index (χ0n) is 17.3. The number of carbonyl (C=O) groups is 1. The quantitative estimate of drug-likeness (QED) is 0.409. The third-order valence-electron chi connectivity index (χ3n) is 5.24. The van der Waals surface area contributed by atoms with E-state index in [0.29, 0.717) is 33.8 Å². The first kappa shape index (κ1) is 23.5. The lowest BCUT2D eigenvalue weighted by Gasteiger charge is -2.37. The fourth-order valence-corrected chi connectivity index (χ4v) is 4.07. The summed E-state index contributed by atoms with van der Waals surface area (Å²) in [6.45, 7) is 2.16. The van der Waals surface area contributed by atoms with E-state index >= 15 is 0 Å². The summed E-state index contributed by atoms with van der Waals surface area (Å²) in [5, 5.41) is 12.8. The molecule has 1 fully saturated rings. The first-order valence-corrected chi connectivity index (χ1v) is 10.9. The number of anilines is 1. The Hall–Kier alpha value is -2.19. The van der Waals surface area contributed by atoms with Gasteiger partial charge in [0.05, 0.1) is 28.9 Å². The summed E-state index contributed by atoms with van der Waals surface area (Å²) in [4.78, 5) is 13.8. The van der Waals surface area contributed by atoms with Crippen LogP contribution in [-0.2, 0) is 4.79 Å². The molecule has 0 aromatic heterocycles. The highest BCUT2D eigenvalue weighted by Gasteiger charge is 2.26. The number of piperidine rings is 1. The van der Waals surface area contributed by atoms with Crippen molar-refractivity contribution in [2.24, 2.45) is 0 Å². The summed E-state index contributed by atoms with van der Waals surface area (Å²) in [7, 11) is 1.58. The van der Waals surface area contributed by atoms with E-state index in [9.17, 15) is 9.90 Å². The van der Waals surface area contributed by atoms with E-state index in [2.05, 4.69) is 10.3 Å². The number of nitrogens with one attached hydrogen (secondary N) is 1. The third kappa shape index (κ3) is 6.40. The number of carbonyl (C=O) groups excluding carboxylic acids is 1. The van der Waals surface area contributed by atoms with Crippen LogP contribution in [0.15, 0.2) is 42.5 Å². The molecule has 1 heterocycles. The molecule has 0 bridgehead atoms. The van der Waals surface area contributed by atoms with Gasteiger partial charge in [-0.15, -0.1) is 0 Å². The molecule has 1 unspecified atom stereocenters. The molecule has 31 heavy (non-hydrogen) atoms. The largest absolute Gasteiger partial charge is 0.493 e. The molecule has 168 valence electrons. The Kier molecular flexibility index (Phi) is 8.66. The van der Waals surface area contributed by atoms with Crippen LogP contribution in [0.25, 0.3) is 0 Å². The zero-order valence-corrected chi connectivity index (χ0v) is 18.9. The SMILES string of the molecule is COc1ccccc1OCC(O)CN1CCC(N(C=O)Nc2c(Cl)cccc2Cl)CC1. The average Bonchev–Trinajstić information content (AvgIpc) is 2.78. The number of amides is 1. The highest BCUT2D eigenvalue weighted by molar-refractivity contribution is 6.39. The van der Waals surface area contributed by atoms with Crippen LogP contribution < -0.4 is 14.9 Å². The van der Waals surface area contributed by atoms with Gasteiger partial charge in [-0.05, 0) is 37.1 Å². The molecule has 2 aromatic rings. The van der Waals surface area contributed by atoms with Crippen LogP contribution in [0.1, 0.15) is 12.8 Å². The molecule has 1 aliphatic heterocycles. The number of β-amino-alcohol motifs (C(OH)–C–C–N with tert-alkyl or cyclic N) is 1. The van der Waals surface area contributed by atoms with E-state index < -0.39 is 6.10 Å². The minimum absolute atomic E-state index is 0.00284. The molecule has 1 aliphatic rings. The second kappa shape index (κ2) is 11.4. The number of nitrogens with zero attached hydrogens (tertiary/aromatic N) is 2. The van der Waals surface area contributed by atoms with Crippen molar-refractivity contribution < 1.29 is 19.4 Å². The summed E-state index contributed by atoms with van der Waals surface area (Å²) in [6, 6.07) is 12.5. The molecular formula is C22H27Cl2N3O4. The number of ether oxygens (including phenoxy) is 2. The smallest absolute Gasteiger partial charge is 0.228 e. The van der Waals surface area contributed by atoms with Crippen molar-refractivity contribution in [2.45, 2.75) is 25.0 Å². The van der Waals surface area contributed by atoms with Gasteiger partial charge in [0.15, 0.2) is 11.5 Å². The van der Waals surface area contributed by atoms with Crippen molar-refractivity contribution in [3.63, 3.8) is 0 Å². The van der Waals surface area contributed by atoms with Crippen molar-refractivity contribution in [3.8, 4) is 11.5 Å². The highest BCUT2D eigenvalue weighted by Crippen LogP contribution is 2.31. The van der Waals surface area contributed by atoms with Crippen LogP contribution in [0.3, 0.4) is 0 Å². The Bertz CT molecular complexity index is 842. The topological polar surface area (TPSA) is 74.3 Å². The van der Waals surface area contributed by atoms with Crippen LogP contribution >= 0.6 is 23.2 Å². The molecule has 0 radical (unpaired) electrons. The van der Waals surface area contributed by atoms with Gasteiger partial charge in [0.25, 0.3) is 0 Å². The number of aliphatic hydroxyl groups is 1. The fourth-order valence-electron chi connectivity index (χ4n) is 3.59. The normalized spacial score (nSPS) is 15.9. The molecule has 2 N–H and O–H groups in total. The number of hydrogen-bond donors (Lipinski definition) is 2. The van der Waals surface area contributed by atoms with E-state index in [-0.39, 0.29) is 12.6 Å². The predicted octanol–water partition coefficient (Wildman–Crippen LogP) is 3.69. The number of benzene rings is 2. The second-order valence-electron chi connectivity index (χ2n) is 7.37. The molecule has 1 atom stereocenters. The van der Waals surface area contributed by atoms with E-state index in [0.717, 1.165) is 32.3 Å². The number of methoxy groups -OCH3 is 1. The molecule has 0 aliphatic carbocycles. The van der Waals surface area contributed by atoms with E-state index in [1.54, 1.807) is 25.3 Å². The molecule has 2 aromatic carbocycles. The minimum atomic E-state index is -0.635. The first-order valence-electron chi connectivity index (χ1n) is 10.1. The Morgan fingerprint density at radius 3 is 2.42 bits per heavy atom. The summed E-state index contributed by atoms with van der Waals surface area (Å²) in [5.74, 6) is 1.24. The molecule has 0 saturated carbocycles. The van der Waals surface area contributed by atoms with Crippen LogP contribution in [0.2, 0.25) is 10.0 Å². The van der Waals surface area contributed by atoms with Crippen LogP contribution in [0, 0.1) is 0 Å². The highest BCUT2D eigenvalue weighted by atomic mass is 35.5. The monoisotopic (exact) mass is 467 g/mol. The summed E-state index contributed by atoms with van der Waals surface area (Å²) >= 11 is 12.4. The lowest BCUT2D eigenvalue weighted by atomic mass is 10.0. The van der Waals surface area contributed by atoms with Gasteiger partial charge in [0.1, 0.15) is 12.7 Å². The van der Waals surface area contributed by atoms with Crippen molar-refractivity contribution in [3.05, 3.63) is 52.5 Å². The minimum Gasteiger partial charge on any atom is -0.493 e. The maximum Gasteiger partial charge on any atom is 0.228 e. The molecule has 7 nitrogen and oxygen atoms in total. The fraction of sp³-hybridized carbons (Fsp3) is 0.409. The first-order chi connectivity index (χ1) is 15.0. The number of rotatable bonds is 10. The van der Waals surface area contributed by atoms with E-state index in [1.807, 2.05) is 24.3 Å². The second-order valence-corrected chi connectivity index (χ2v) is 8.18. The number of likely N-dealkylation sites (tertiary alicyclic amines) is 1. The maximum atomic E-state index is 11.7. The standard InChI is InChI=1S/C22H27Cl2N3O4/c1-30-20-7-2-3-8-21(20)31-14-17(29)13-26-11-9-16(10-12-26)27(15-28)25-22-18(23)5-4-6-19(22)24/h2-8,15-17,25,29H,9-14H2,1H3. The van der Waals surface area contributed by atoms with Crippen LogP contribution in [0.4, 0.5) is 5.69 Å². The van der Waals surface area contributed by atoms with Gasteiger partial charge in [0, 0.05) is 19.6 Å². The molecule has 9 heteroatoms. The van der Waals surface area contributed by atoms with Crippen molar-refractivity contribution in [1.82, 2.24) is 9.91 Å². The molecule has 0 spiro atoms. The van der Waals surface area contributed by atoms with Gasteiger partial charge in [-0.3, -0.25) is 15.2 Å². The number of aliphatic hydroxyl groups excluding tert-OH is 1. The van der Waals surface area contributed by atoms with Crippen molar-refractivity contribution >= 4 is 35.3 Å². The van der Waals surface area contributed by atoms with Crippen molar-refractivity contribution in [1.29, 1.82) is 0 Å². The number of hydrogen-bond acceptors (Lipinski definition) is 6. The summed E-state index contributed by atoms with van der Waals surface area (Å²) in [6.07, 6.45) is 1.64. The van der Waals surface area contributed by atoms with Gasteiger partial charge in [-0.1, -0.05) is 41.4 Å². The Balaban J connectivity index is 1.46. The molecule has 1 amide bonds. The van der Waals surface area contributed by atoms with Crippen LogP contribution in [-0.4, -0.2) is 66.9 Å². The van der Waals surface area contributed by atoms with Gasteiger partial charge in [0.2, 0.25) is 6.41 Å². The lowest BCUT2D eigenvalue weighted by Crippen LogP contribution is -2.48. The summed E-state index contributed by atoms with van der Waals surface area (Å²) in [5.41, 5.74) is 3.56. The summed E-state index contributed by atoms with van der Waals surface area (Å²) < 4.78 is 11.0. The predicted molar refractivity (Wildman–Crippen MR) is 122 cm³/mol. The third-order valence-corrected chi connectivity index (χ3v) is 5.87. The van der Waals surface area contributed by atoms with E-state index in [1.165, 1.54) is 5.01 Å². The zero-order chi connectivity index (χ0) is 22.2. The number of para-hydroxylation sites is 3. The number of hydrazine groups is 1. The van der Waals surface area contributed by atoms with Gasteiger partial charge in [-0.2, -0.15) is 0 Å². The molecule has 1 saturated heterocycles. The van der Waals surface area contributed by atoms with Gasteiger partial charge in [-0.25, -0.2) is 0 Å². The lowest BCUT2D eigenvalue weighted by molar-refractivity contribution is -0.119. The van der Waals surface area contributed by atoms with Crippen LogP contribution in [0.5, 0.6) is 11.5 Å². The van der Waals surface area contributed by atoms with Gasteiger partial charge >= 0.3 is 0 Å². The maximum absolute atomic E-state index is 11.7. The van der Waals surface area contributed by atoms with E-state index in [4.69, 9.17) is 32.7 Å². The Morgan fingerprint density at radius 2 is 1.81 bits per heavy atom. The molecule has 3 rings (SSSR count). The Morgan fingerprint density at radius 1 is 1.16 bits per heavy atom. The van der Waals surface area contributed by atoms with Gasteiger partial charge < -0.3 is 19.5 Å². The average molecular weight is 468 g/mol.